The molecule has 0 saturated carbocycles. The molecule has 10 nitrogen and oxygen atoms in total. The van der Waals surface area contributed by atoms with Gasteiger partial charge in [0.15, 0.2) is 0 Å². The maximum Gasteiger partial charge on any atom is 0.249 e. The van der Waals surface area contributed by atoms with Crippen molar-refractivity contribution >= 4 is 28.5 Å². The van der Waals surface area contributed by atoms with E-state index in [-0.39, 0.29) is 18.4 Å². The van der Waals surface area contributed by atoms with Crippen molar-refractivity contribution < 1.29 is 19.1 Å². The highest BCUT2D eigenvalue weighted by Gasteiger charge is 2.35. The summed E-state index contributed by atoms with van der Waals surface area (Å²) in [6.07, 6.45) is 4.02. The molecular weight excluding hydrogens is 484 g/mol. The quantitative estimate of drug-likeness (QED) is 0.323. The predicted octanol–water partition coefficient (Wildman–Crippen LogP) is 3.78. The summed E-state index contributed by atoms with van der Waals surface area (Å²) >= 11 is 0. The van der Waals surface area contributed by atoms with E-state index in [1.807, 2.05) is 24.3 Å². The molecule has 2 aromatic heterocycles. The minimum absolute atomic E-state index is 0.147. The third-order valence-electron chi connectivity index (χ3n) is 6.15. The molecule has 4 aromatic rings. The summed E-state index contributed by atoms with van der Waals surface area (Å²) in [5.74, 6) is 0.641. The number of hydrogen-bond acceptors (Lipinski definition) is 7. The normalized spacial score (nSPS) is 11.8. The van der Waals surface area contributed by atoms with Crippen LogP contribution in [0.25, 0.3) is 11.0 Å². The number of methoxy groups -OCH3 is 2. The van der Waals surface area contributed by atoms with Gasteiger partial charge in [0.1, 0.15) is 29.6 Å². The molecular formula is C28H32N6O4. The standard InChI is InChI=1S/C28H32N6O4/c1-19(2)13-15-30-28(36)27(20-8-7-14-29-17-20)34(24-12-11-21(37-3)16-25(24)38-4)26(35)18-33-23-10-6-5-9-22(23)31-32-33/h5-12,14,16-17,19,27H,13,15,18H2,1-4H3,(H,30,36)/t27-/m0/s1. The first-order valence-corrected chi connectivity index (χ1v) is 12.4. The lowest BCUT2D eigenvalue weighted by molar-refractivity contribution is -0.127. The second-order valence-corrected chi connectivity index (χ2v) is 9.20. The van der Waals surface area contributed by atoms with Gasteiger partial charge in [0, 0.05) is 30.6 Å². The van der Waals surface area contributed by atoms with Crippen LogP contribution in [0.1, 0.15) is 31.9 Å². The van der Waals surface area contributed by atoms with Crippen molar-refractivity contribution in [1.82, 2.24) is 25.3 Å². The summed E-state index contributed by atoms with van der Waals surface area (Å²) in [5, 5.41) is 11.4. The average Bonchev–Trinajstić information content (AvgIpc) is 3.34. The summed E-state index contributed by atoms with van der Waals surface area (Å²) in [5.41, 5.74) is 2.35. The van der Waals surface area contributed by atoms with E-state index in [1.54, 1.807) is 49.8 Å². The molecule has 1 N–H and O–H groups in total. The van der Waals surface area contributed by atoms with Gasteiger partial charge in [-0.2, -0.15) is 0 Å². The fourth-order valence-corrected chi connectivity index (χ4v) is 4.18. The molecule has 0 unspecified atom stereocenters. The Morgan fingerprint density at radius 1 is 1.05 bits per heavy atom. The van der Waals surface area contributed by atoms with Gasteiger partial charge in [-0.1, -0.05) is 37.3 Å². The van der Waals surface area contributed by atoms with E-state index in [2.05, 4.69) is 34.5 Å². The Kier molecular flexibility index (Phi) is 8.52. The van der Waals surface area contributed by atoms with Gasteiger partial charge in [-0.05, 0) is 42.7 Å². The van der Waals surface area contributed by atoms with Crippen molar-refractivity contribution in [3.8, 4) is 11.5 Å². The molecule has 0 aliphatic rings. The van der Waals surface area contributed by atoms with Gasteiger partial charge in [0.05, 0.1) is 25.4 Å². The molecule has 0 fully saturated rings. The van der Waals surface area contributed by atoms with Gasteiger partial charge in [0.25, 0.3) is 0 Å². The first kappa shape index (κ1) is 26.6. The molecule has 0 radical (unpaired) electrons. The zero-order chi connectivity index (χ0) is 27.1. The van der Waals surface area contributed by atoms with E-state index in [0.717, 1.165) is 6.42 Å². The number of carbonyl (C=O) groups excluding carboxylic acids is 2. The van der Waals surface area contributed by atoms with Crippen LogP contribution < -0.4 is 19.7 Å². The molecule has 4 rings (SSSR count). The number of rotatable bonds is 11. The number of nitrogens with one attached hydrogen (secondary N) is 1. The third-order valence-corrected chi connectivity index (χ3v) is 6.15. The topological polar surface area (TPSA) is 111 Å². The number of nitrogens with zero attached hydrogens (tertiary/aromatic N) is 5. The number of pyridine rings is 1. The number of aromatic nitrogens is 4. The molecule has 1 atom stereocenters. The predicted molar refractivity (Wildman–Crippen MR) is 144 cm³/mol. The molecule has 10 heteroatoms. The van der Waals surface area contributed by atoms with Crippen LogP contribution in [-0.4, -0.2) is 52.6 Å². The van der Waals surface area contributed by atoms with Gasteiger partial charge in [-0.3, -0.25) is 19.5 Å². The van der Waals surface area contributed by atoms with Crippen molar-refractivity contribution in [2.24, 2.45) is 5.92 Å². The minimum Gasteiger partial charge on any atom is -0.497 e. The van der Waals surface area contributed by atoms with E-state index in [0.29, 0.717) is 46.2 Å². The Labute approximate surface area is 221 Å². The van der Waals surface area contributed by atoms with Gasteiger partial charge in [-0.25, -0.2) is 4.68 Å². The number of carbonyl (C=O) groups is 2. The molecule has 2 amide bonds. The van der Waals surface area contributed by atoms with Gasteiger partial charge in [0.2, 0.25) is 11.8 Å². The third kappa shape index (κ3) is 5.91. The molecule has 2 heterocycles. The smallest absolute Gasteiger partial charge is 0.249 e. The minimum atomic E-state index is -1.01. The first-order valence-electron chi connectivity index (χ1n) is 12.4. The Balaban J connectivity index is 1.81. The van der Waals surface area contributed by atoms with E-state index < -0.39 is 6.04 Å². The zero-order valence-electron chi connectivity index (χ0n) is 22.0. The number of para-hydroxylation sites is 1. The van der Waals surface area contributed by atoms with Gasteiger partial charge < -0.3 is 14.8 Å². The Hall–Kier alpha value is -4.47. The maximum absolute atomic E-state index is 14.1. The van der Waals surface area contributed by atoms with Crippen molar-refractivity contribution in [3.05, 3.63) is 72.6 Å². The Morgan fingerprint density at radius 2 is 1.87 bits per heavy atom. The molecule has 2 aromatic carbocycles. The van der Waals surface area contributed by atoms with E-state index in [1.165, 1.54) is 16.7 Å². The summed E-state index contributed by atoms with van der Waals surface area (Å²) in [4.78, 5) is 33.5. The molecule has 38 heavy (non-hydrogen) atoms. The highest BCUT2D eigenvalue weighted by Crippen LogP contribution is 2.37. The molecule has 0 spiro atoms. The second kappa shape index (κ2) is 12.2. The monoisotopic (exact) mass is 516 g/mol. The highest BCUT2D eigenvalue weighted by atomic mass is 16.5. The van der Waals surface area contributed by atoms with Gasteiger partial charge >= 0.3 is 0 Å². The van der Waals surface area contributed by atoms with Crippen LogP contribution in [0.4, 0.5) is 5.69 Å². The summed E-state index contributed by atoms with van der Waals surface area (Å²) in [6, 6.07) is 15.0. The number of hydrogen-bond donors (Lipinski definition) is 1. The average molecular weight is 517 g/mol. The Bertz CT molecular complexity index is 1390. The summed E-state index contributed by atoms with van der Waals surface area (Å²) in [7, 11) is 3.06. The van der Waals surface area contributed by atoms with Crippen LogP contribution in [-0.2, 0) is 16.1 Å². The molecule has 0 bridgehead atoms. The van der Waals surface area contributed by atoms with Crippen molar-refractivity contribution in [2.75, 3.05) is 25.7 Å². The second-order valence-electron chi connectivity index (χ2n) is 9.20. The van der Waals surface area contributed by atoms with Crippen LogP contribution in [0.5, 0.6) is 11.5 Å². The van der Waals surface area contributed by atoms with Crippen molar-refractivity contribution in [1.29, 1.82) is 0 Å². The number of benzene rings is 2. The van der Waals surface area contributed by atoms with Crippen LogP contribution in [0.15, 0.2) is 67.0 Å². The number of anilines is 1. The van der Waals surface area contributed by atoms with E-state index in [4.69, 9.17) is 9.47 Å². The van der Waals surface area contributed by atoms with Crippen LogP contribution in [0, 0.1) is 5.92 Å². The number of fused-ring (bicyclic) bond motifs is 1. The van der Waals surface area contributed by atoms with Crippen LogP contribution in [0.3, 0.4) is 0 Å². The van der Waals surface area contributed by atoms with Crippen molar-refractivity contribution in [2.45, 2.75) is 32.9 Å². The fourth-order valence-electron chi connectivity index (χ4n) is 4.18. The van der Waals surface area contributed by atoms with Crippen LogP contribution in [0.2, 0.25) is 0 Å². The largest absolute Gasteiger partial charge is 0.497 e. The molecule has 0 aliphatic carbocycles. The molecule has 0 saturated heterocycles. The highest BCUT2D eigenvalue weighted by molar-refractivity contribution is 6.02. The number of amides is 2. The summed E-state index contributed by atoms with van der Waals surface area (Å²) in [6.45, 7) is 4.50. The Morgan fingerprint density at radius 3 is 2.58 bits per heavy atom. The summed E-state index contributed by atoms with van der Waals surface area (Å²) < 4.78 is 12.5. The molecule has 198 valence electrons. The van der Waals surface area contributed by atoms with Crippen molar-refractivity contribution in [3.63, 3.8) is 0 Å². The lowest BCUT2D eigenvalue weighted by Gasteiger charge is -2.32. The van der Waals surface area contributed by atoms with Gasteiger partial charge in [-0.15, -0.1) is 5.10 Å². The zero-order valence-corrected chi connectivity index (χ0v) is 22.0. The maximum atomic E-state index is 14.1. The van der Waals surface area contributed by atoms with Crippen LogP contribution >= 0.6 is 0 Å². The lowest BCUT2D eigenvalue weighted by atomic mass is 10.0. The van der Waals surface area contributed by atoms with E-state index in [9.17, 15) is 9.59 Å². The molecule has 0 aliphatic heterocycles. The number of ether oxygens (including phenoxy) is 2. The lowest BCUT2D eigenvalue weighted by Crippen LogP contribution is -2.45. The van der Waals surface area contributed by atoms with E-state index >= 15 is 0 Å². The first-order chi connectivity index (χ1) is 18.4. The SMILES string of the molecule is COc1ccc(N(C(=O)Cn2nnc3ccccc32)[C@H](C(=O)NCCC(C)C)c2cccnc2)c(OC)c1. The fraction of sp³-hybridized carbons (Fsp3) is 0.321.